The summed E-state index contributed by atoms with van der Waals surface area (Å²) in [7, 11) is 2.82. The molecule has 1 N–H and O–H groups in total. The van der Waals surface area contributed by atoms with E-state index in [0.717, 1.165) is 9.13 Å². The van der Waals surface area contributed by atoms with E-state index in [0.29, 0.717) is 0 Å². The van der Waals surface area contributed by atoms with Crippen LogP contribution in [0.25, 0.3) is 0 Å². The van der Waals surface area contributed by atoms with Gasteiger partial charge >= 0.3 is 5.69 Å². The molecule has 0 spiro atoms. The minimum absolute atomic E-state index is 0.136. The van der Waals surface area contributed by atoms with Crippen molar-refractivity contribution in [1.82, 2.24) is 19.1 Å². The number of azo groups is 1. The maximum absolute atomic E-state index is 12.6. The van der Waals surface area contributed by atoms with Crippen molar-refractivity contribution >= 4 is 11.6 Å². The number of rotatable bonds is 6. The number of aromatic hydroxyl groups is 1. The summed E-state index contributed by atoms with van der Waals surface area (Å²) in [5.41, 5.74) is -1.77. The van der Waals surface area contributed by atoms with Crippen molar-refractivity contribution in [3.63, 3.8) is 0 Å². The zero-order valence-corrected chi connectivity index (χ0v) is 16.0. The molecule has 0 aromatic carbocycles. The predicted octanol–water partition coefficient (Wildman–Crippen LogP) is 2.10. The summed E-state index contributed by atoms with van der Waals surface area (Å²) in [6, 6.07) is 0.615. The van der Waals surface area contributed by atoms with Gasteiger partial charge in [-0.15, -0.1) is 10.2 Å². The number of hydrogen-bond donors (Lipinski definition) is 1. The van der Waals surface area contributed by atoms with Gasteiger partial charge in [-0.3, -0.25) is 13.9 Å². The Balaban J connectivity index is 2.68. The molecule has 146 valence electrons. The highest BCUT2D eigenvalue weighted by Crippen LogP contribution is 2.26. The molecule has 0 aliphatic heterocycles. The number of hydrogen-bond acceptors (Lipinski definition) is 9. The molecule has 0 atom stereocenters. The maximum Gasteiger partial charge on any atom is 0.334 e. The van der Waals surface area contributed by atoms with Gasteiger partial charge in [-0.05, 0) is 27.7 Å². The zero-order valence-electron chi connectivity index (χ0n) is 16.0. The van der Waals surface area contributed by atoms with Gasteiger partial charge in [0.2, 0.25) is 23.3 Å². The second-order valence-corrected chi connectivity index (χ2v) is 6.14. The van der Waals surface area contributed by atoms with Gasteiger partial charge in [0.05, 0.1) is 20.3 Å². The third kappa shape index (κ3) is 3.96. The monoisotopic (exact) mass is 378 g/mol. The number of methoxy groups -OCH3 is 2. The second-order valence-electron chi connectivity index (χ2n) is 6.14. The summed E-state index contributed by atoms with van der Waals surface area (Å²) >= 11 is 0. The molecular weight excluding hydrogens is 356 g/mol. The largest absolute Gasteiger partial charge is 0.493 e. The van der Waals surface area contributed by atoms with Crippen molar-refractivity contribution in [2.45, 2.75) is 39.8 Å². The van der Waals surface area contributed by atoms with Crippen LogP contribution in [0.5, 0.6) is 17.6 Å². The van der Waals surface area contributed by atoms with Crippen LogP contribution in [0.15, 0.2) is 25.9 Å². The van der Waals surface area contributed by atoms with Crippen LogP contribution >= 0.6 is 0 Å². The molecule has 11 heteroatoms. The minimum Gasteiger partial charge on any atom is -0.493 e. The van der Waals surface area contributed by atoms with Crippen molar-refractivity contribution in [1.29, 1.82) is 0 Å². The Morgan fingerprint density at radius 1 is 0.963 bits per heavy atom. The number of aromatic nitrogens is 4. The molecule has 0 amide bonds. The minimum atomic E-state index is -0.761. The van der Waals surface area contributed by atoms with E-state index in [1.165, 1.54) is 20.3 Å². The lowest BCUT2D eigenvalue weighted by molar-refractivity contribution is 0.365. The van der Waals surface area contributed by atoms with E-state index < -0.39 is 29.2 Å². The van der Waals surface area contributed by atoms with Gasteiger partial charge in [0.1, 0.15) is 0 Å². The van der Waals surface area contributed by atoms with Crippen molar-refractivity contribution in [3.05, 3.63) is 26.9 Å². The topological polar surface area (TPSA) is 133 Å². The highest BCUT2D eigenvalue weighted by Gasteiger charge is 2.22. The highest BCUT2D eigenvalue weighted by atomic mass is 16.5. The summed E-state index contributed by atoms with van der Waals surface area (Å²) in [5, 5.41) is 18.0. The van der Waals surface area contributed by atoms with Gasteiger partial charge in [-0.1, -0.05) is 0 Å². The first kappa shape index (κ1) is 20.1. The first-order valence-corrected chi connectivity index (χ1v) is 8.20. The molecule has 2 rings (SSSR count). The van der Waals surface area contributed by atoms with Crippen LogP contribution in [0, 0.1) is 0 Å². The predicted molar refractivity (Wildman–Crippen MR) is 96.7 cm³/mol. The Morgan fingerprint density at radius 3 is 1.93 bits per heavy atom. The molecule has 0 aliphatic carbocycles. The Morgan fingerprint density at radius 2 is 1.48 bits per heavy atom. The standard InChI is InChI=1S/C16H22N6O5/c1-8(2)21-13(23)12(14(24)22(9(3)4)16(21)25)19-20-15-17-10(26-5)7-11(18-15)27-6/h7-9,23H,1-6H3. The van der Waals surface area contributed by atoms with Crippen LogP contribution < -0.4 is 20.7 Å². The molecule has 11 nitrogen and oxygen atoms in total. The Kier molecular flexibility index (Phi) is 5.93. The molecule has 2 aromatic heterocycles. The Labute approximate surface area is 154 Å². The van der Waals surface area contributed by atoms with Crippen LogP contribution in [0.1, 0.15) is 39.8 Å². The lowest BCUT2D eigenvalue weighted by Gasteiger charge is -2.17. The van der Waals surface area contributed by atoms with Crippen molar-refractivity contribution in [2.24, 2.45) is 10.2 Å². The highest BCUT2D eigenvalue weighted by molar-refractivity contribution is 5.45. The molecule has 0 radical (unpaired) electrons. The van der Waals surface area contributed by atoms with Gasteiger partial charge in [-0.2, -0.15) is 9.97 Å². The van der Waals surface area contributed by atoms with E-state index in [9.17, 15) is 14.7 Å². The number of nitrogens with zero attached hydrogens (tertiary/aromatic N) is 6. The van der Waals surface area contributed by atoms with Crippen molar-refractivity contribution in [2.75, 3.05) is 14.2 Å². The average molecular weight is 378 g/mol. The van der Waals surface area contributed by atoms with Gasteiger partial charge in [0.25, 0.3) is 11.5 Å². The summed E-state index contributed by atoms with van der Waals surface area (Å²) < 4.78 is 12.1. The molecule has 0 saturated carbocycles. The van der Waals surface area contributed by atoms with Gasteiger partial charge in [0, 0.05) is 12.1 Å². The first-order valence-electron chi connectivity index (χ1n) is 8.20. The van der Waals surface area contributed by atoms with Crippen LogP contribution in [0.2, 0.25) is 0 Å². The molecule has 0 bridgehead atoms. The fourth-order valence-corrected chi connectivity index (χ4v) is 2.37. The molecule has 0 aliphatic rings. The van der Waals surface area contributed by atoms with Crippen molar-refractivity contribution < 1.29 is 14.6 Å². The van der Waals surface area contributed by atoms with Crippen LogP contribution in [0.4, 0.5) is 11.6 Å². The van der Waals surface area contributed by atoms with Crippen LogP contribution in [-0.4, -0.2) is 38.4 Å². The lowest BCUT2D eigenvalue weighted by atomic mass is 10.3. The summed E-state index contributed by atoms with van der Waals surface area (Å²) in [5.74, 6) is -0.336. The lowest BCUT2D eigenvalue weighted by Crippen LogP contribution is -2.41. The number of ether oxygens (including phenoxy) is 2. The van der Waals surface area contributed by atoms with E-state index in [2.05, 4.69) is 20.2 Å². The van der Waals surface area contributed by atoms with Crippen LogP contribution in [0.3, 0.4) is 0 Å². The second kappa shape index (κ2) is 7.98. The summed E-state index contributed by atoms with van der Waals surface area (Å²) in [6.07, 6.45) is 0. The average Bonchev–Trinajstić information content (AvgIpc) is 2.60. The molecular formula is C16H22N6O5. The SMILES string of the molecule is COc1cc(OC)nc(N=Nc2c(O)n(C(C)C)c(=O)n(C(C)C)c2=O)n1. The smallest absolute Gasteiger partial charge is 0.334 e. The van der Waals surface area contributed by atoms with E-state index in [-0.39, 0.29) is 23.4 Å². The van der Waals surface area contributed by atoms with Gasteiger partial charge < -0.3 is 14.6 Å². The van der Waals surface area contributed by atoms with Gasteiger partial charge in [0.15, 0.2) is 0 Å². The normalized spacial score (nSPS) is 11.6. The molecule has 0 saturated heterocycles. The molecule has 2 aromatic rings. The molecule has 2 heterocycles. The quantitative estimate of drug-likeness (QED) is 0.761. The fourth-order valence-electron chi connectivity index (χ4n) is 2.37. The first-order chi connectivity index (χ1) is 12.7. The Hall–Kier alpha value is -3.24. The molecule has 27 heavy (non-hydrogen) atoms. The van der Waals surface area contributed by atoms with E-state index in [1.807, 2.05) is 0 Å². The third-order valence-corrected chi connectivity index (χ3v) is 3.63. The molecule has 0 unspecified atom stereocenters. The van der Waals surface area contributed by atoms with E-state index in [4.69, 9.17) is 9.47 Å². The molecule has 0 fully saturated rings. The fraction of sp³-hybridized carbons (Fsp3) is 0.500. The van der Waals surface area contributed by atoms with E-state index in [1.54, 1.807) is 27.7 Å². The third-order valence-electron chi connectivity index (χ3n) is 3.63. The summed E-state index contributed by atoms with van der Waals surface area (Å²) in [4.78, 5) is 33.1. The Bertz CT molecular complexity index is 954. The van der Waals surface area contributed by atoms with E-state index >= 15 is 0 Å². The van der Waals surface area contributed by atoms with Crippen LogP contribution in [-0.2, 0) is 0 Å². The van der Waals surface area contributed by atoms with Gasteiger partial charge in [-0.25, -0.2) is 4.79 Å². The zero-order chi connectivity index (χ0) is 20.3. The van der Waals surface area contributed by atoms with Crippen molar-refractivity contribution in [3.8, 4) is 17.6 Å². The maximum atomic E-state index is 12.6. The summed E-state index contributed by atoms with van der Waals surface area (Å²) in [6.45, 7) is 6.77.